The zero-order chi connectivity index (χ0) is 18.7. The molecule has 3 aromatic rings. The normalized spacial score (nSPS) is 10.5. The second-order valence-corrected chi connectivity index (χ2v) is 6.31. The molecule has 0 spiro atoms. The Morgan fingerprint density at radius 2 is 2.04 bits per heavy atom. The van der Waals surface area contributed by atoms with E-state index in [0.29, 0.717) is 16.4 Å². The minimum Gasteiger partial charge on any atom is -0.465 e. The van der Waals surface area contributed by atoms with Crippen LogP contribution in [0.15, 0.2) is 40.5 Å². The summed E-state index contributed by atoms with van der Waals surface area (Å²) < 4.78 is 6.54. The van der Waals surface area contributed by atoms with E-state index in [-0.39, 0.29) is 11.4 Å². The summed E-state index contributed by atoms with van der Waals surface area (Å²) in [5, 5.41) is 11.9. The van der Waals surface area contributed by atoms with Gasteiger partial charge in [0.2, 0.25) is 5.91 Å². The van der Waals surface area contributed by atoms with Crippen molar-refractivity contribution in [2.24, 2.45) is 0 Å². The monoisotopic (exact) mass is 393 g/mol. The number of aromatic nitrogens is 4. The second-order valence-electron chi connectivity index (χ2n) is 4.99. The van der Waals surface area contributed by atoms with Gasteiger partial charge in [-0.3, -0.25) is 4.79 Å². The van der Waals surface area contributed by atoms with Gasteiger partial charge in [-0.15, -0.1) is 11.3 Å². The SMILES string of the molecule is COC(=O)c1sccc1NC(=O)Cn1nnn(-c2ccccc2Cl)c1=O. The molecule has 2 heterocycles. The Balaban J connectivity index is 1.77. The molecule has 0 bridgehead atoms. The number of carbonyl (C=O) groups is 2. The number of rotatable bonds is 5. The molecular formula is C15H12ClN5O4S. The van der Waals surface area contributed by atoms with E-state index < -0.39 is 17.6 Å². The van der Waals surface area contributed by atoms with Gasteiger partial charge in [-0.1, -0.05) is 23.7 Å². The van der Waals surface area contributed by atoms with E-state index >= 15 is 0 Å². The molecule has 1 N–H and O–H groups in total. The van der Waals surface area contributed by atoms with Gasteiger partial charge in [0.25, 0.3) is 0 Å². The van der Waals surface area contributed by atoms with Crippen molar-refractivity contribution in [3.8, 4) is 5.69 Å². The van der Waals surface area contributed by atoms with Crippen LogP contribution in [0.4, 0.5) is 5.69 Å². The number of thiophene rings is 1. The zero-order valence-corrected chi connectivity index (χ0v) is 15.0. The van der Waals surface area contributed by atoms with E-state index in [2.05, 4.69) is 20.5 Å². The van der Waals surface area contributed by atoms with Crippen molar-refractivity contribution in [2.75, 3.05) is 12.4 Å². The third kappa shape index (κ3) is 3.51. The number of benzene rings is 1. The molecule has 2 aromatic heterocycles. The molecule has 0 fully saturated rings. The van der Waals surface area contributed by atoms with E-state index in [9.17, 15) is 14.4 Å². The van der Waals surface area contributed by atoms with Crippen LogP contribution >= 0.6 is 22.9 Å². The first-order valence-electron chi connectivity index (χ1n) is 7.24. The number of ether oxygens (including phenoxy) is 1. The highest BCUT2D eigenvalue weighted by Gasteiger charge is 2.18. The van der Waals surface area contributed by atoms with Gasteiger partial charge in [0, 0.05) is 0 Å². The molecule has 0 atom stereocenters. The van der Waals surface area contributed by atoms with Crippen LogP contribution in [-0.4, -0.2) is 38.8 Å². The summed E-state index contributed by atoms with van der Waals surface area (Å²) in [6.45, 7) is -0.375. The summed E-state index contributed by atoms with van der Waals surface area (Å²) in [4.78, 5) is 36.4. The van der Waals surface area contributed by atoms with Crippen molar-refractivity contribution in [3.63, 3.8) is 0 Å². The lowest BCUT2D eigenvalue weighted by Crippen LogP contribution is -2.30. The van der Waals surface area contributed by atoms with Crippen molar-refractivity contribution in [2.45, 2.75) is 6.54 Å². The second kappa shape index (κ2) is 7.50. The molecule has 0 saturated carbocycles. The average Bonchev–Trinajstić information content (AvgIpc) is 3.22. The van der Waals surface area contributed by atoms with Gasteiger partial charge >= 0.3 is 11.7 Å². The highest BCUT2D eigenvalue weighted by Crippen LogP contribution is 2.23. The molecule has 3 rings (SSSR count). The Hall–Kier alpha value is -2.98. The maximum atomic E-state index is 12.4. The molecule has 1 aromatic carbocycles. The molecule has 0 saturated heterocycles. The predicted octanol–water partition coefficient (Wildman–Crippen LogP) is 1.57. The molecule has 9 nitrogen and oxygen atoms in total. The number of nitrogens with zero attached hydrogens (tertiary/aromatic N) is 4. The van der Waals surface area contributed by atoms with E-state index in [4.69, 9.17) is 11.6 Å². The molecular weight excluding hydrogens is 382 g/mol. The van der Waals surface area contributed by atoms with Crippen molar-refractivity contribution in [1.82, 2.24) is 19.8 Å². The quantitative estimate of drug-likeness (QED) is 0.659. The first-order valence-corrected chi connectivity index (χ1v) is 8.50. The minimum absolute atomic E-state index is 0.257. The topological polar surface area (TPSA) is 108 Å². The summed E-state index contributed by atoms with van der Waals surface area (Å²) in [5.41, 5.74) is 0.0433. The third-order valence-electron chi connectivity index (χ3n) is 3.32. The number of hydrogen-bond donors (Lipinski definition) is 1. The van der Waals surface area contributed by atoms with Gasteiger partial charge in [0.1, 0.15) is 11.4 Å². The van der Waals surface area contributed by atoms with Crippen molar-refractivity contribution >= 4 is 40.5 Å². The standard InChI is InChI=1S/C15H12ClN5O4S/c1-25-14(23)13-10(6-7-26-13)17-12(22)8-20-15(24)21(19-18-20)11-5-3-2-4-9(11)16/h2-7H,8H2,1H3,(H,17,22). The fraction of sp³-hybridized carbons (Fsp3) is 0.133. The summed E-state index contributed by atoms with van der Waals surface area (Å²) in [5.74, 6) is -1.10. The summed E-state index contributed by atoms with van der Waals surface area (Å²) in [6.07, 6.45) is 0. The van der Waals surface area contributed by atoms with Crippen LogP contribution in [0, 0.1) is 0 Å². The molecule has 26 heavy (non-hydrogen) atoms. The van der Waals surface area contributed by atoms with E-state index in [1.165, 1.54) is 7.11 Å². The van der Waals surface area contributed by atoms with Crippen molar-refractivity contribution in [3.05, 3.63) is 56.1 Å². The van der Waals surface area contributed by atoms with Crippen molar-refractivity contribution < 1.29 is 14.3 Å². The first-order chi connectivity index (χ1) is 12.5. The lowest BCUT2D eigenvalue weighted by Gasteiger charge is -2.05. The predicted molar refractivity (Wildman–Crippen MR) is 94.9 cm³/mol. The van der Waals surface area contributed by atoms with Gasteiger partial charge in [0.05, 0.1) is 23.5 Å². The molecule has 0 aliphatic heterocycles. The van der Waals surface area contributed by atoms with Gasteiger partial charge in [-0.05, 0) is 34.0 Å². The van der Waals surface area contributed by atoms with Crippen LogP contribution in [0.1, 0.15) is 9.67 Å². The number of amides is 1. The van der Waals surface area contributed by atoms with Crippen LogP contribution < -0.4 is 11.0 Å². The molecule has 0 unspecified atom stereocenters. The Kier molecular flexibility index (Phi) is 5.14. The van der Waals surface area contributed by atoms with E-state index in [0.717, 1.165) is 20.7 Å². The Morgan fingerprint density at radius 1 is 1.27 bits per heavy atom. The number of hydrogen-bond acceptors (Lipinski definition) is 7. The van der Waals surface area contributed by atoms with E-state index in [1.54, 1.807) is 35.7 Å². The maximum Gasteiger partial charge on any atom is 0.369 e. The molecule has 0 aliphatic carbocycles. The Morgan fingerprint density at radius 3 is 2.77 bits per heavy atom. The Bertz CT molecular complexity index is 1020. The zero-order valence-electron chi connectivity index (χ0n) is 13.4. The molecule has 11 heteroatoms. The highest BCUT2D eigenvalue weighted by molar-refractivity contribution is 7.12. The summed E-state index contributed by atoms with van der Waals surface area (Å²) in [6, 6.07) is 8.20. The van der Waals surface area contributed by atoms with Crippen LogP contribution in [0.3, 0.4) is 0 Å². The van der Waals surface area contributed by atoms with Crippen LogP contribution in [0.5, 0.6) is 0 Å². The molecule has 1 amide bonds. The fourth-order valence-corrected chi connectivity index (χ4v) is 3.11. The largest absolute Gasteiger partial charge is 0.465 e. The highest BCUT2D eigenvalue weighted by atomic mass is 35.5. The number of carbonyl (C=O) groups excluding carboxylic acids is 2. The third-order valence-corrected chi connectivity index (χ3v) is 4.54. The molecule has 0 radical (unpaired) electrons. The van der Waals surface area contributed by atoms with Gasteiger partial charge in [-0.25, -0.2) is 9.59 Å². The maximum absolute atomic E-state index is 12.4. The van der Waals surface area contributed by atoms with Gasteiger partial charge in [0.15, 0.2) is 0 Å². The van der Waals surface area contributed by atoms with E-state index in [1.807, 2.05) is 0 Å². The summed E-state index contributed by atoms with van der Waals surface area (Å²) in [7, 11) is 1.25. The van der Waals surface area contributed by atoms with Gasteiger partial charge < -0.3 is 10.1 Å². The lowest BCUT2D eigenvalue weighted by molar-refractivity contribution is -0.117. The van der Waals surface area contributed by atoms with Crippen LogP contribution in [0.2, 0.25) is 5.02 Å². The summed E-state index contributed by atoms with van der Waals surface area (Å²) >= 11 is 7.17. The van der Waals surface area contributed by atoms with Crippen LogP contribution in [0.25, 0.3) is 5.69 Å². The number of anilines is 1. The number of tetrazole rings is 1. The minimum atomic E-state index is -0.619. The van der Waals surface area contributed by atoms with Crippen molar-refractivity contribution in [1.29, 1.82) is 0 Å². The number of esters is 1. The number of nitrogens with one attached hydrogen (secondary N) is 1. The number of methoxy groups -OCH3 is 1. The molecule has 134 valence electrons. The van der Waals surface area contributed by atoms with Crippen LogP contribution in [-0.2, 0) is 16.1 Å². The lowest BCUT2D eigenvalue weighted by atomic mass is 10.3. The number of para-hydroxylation sites is 1. The molecule has 0 aliphatic rings. The average molecular weight is 394 g/mol. The van der Waals surface area contributed by atoms with Gasteiger partial charge in [-0.2, -0.15) is 9.36 Å². The Labute approximate surface area is 155 Å². The smallest absolute Gasteiger partial charge is 0.369 e. The number of halogens is 1. The fourth-order valence-electron chi connectivity index (χ4n) is 2.13. The first kappa shape index (κ1) is 17.8.